The fourth-order valence-electron chi connectivity index (χ4n) is 3.16. The van der Waals surface area contributed by atoms with E-state index >= 15 is 0 Å². The minimum Gasteiger partial charge on any atom is -0.356 e. The number of guanidine groups is 1. The van der Waals surface area contributed by atoms with E-state index in [1.807, 2.05) is 0 Å². The first-order valence-corrected chi connectivity index (χ1v) is 10.7. The first-order chi connectivity index (χ1) is 11.9. The zero-order valence-electron chi connectivity index (χ0n) is 15.5. The minimum absolute atomic E-state index is 0.472. The molecule has 6 nitrogen and oxygen atoms in total. The van der Waals surface area contributed by atoms with Gasteiger partial charge in [-0.25, -0.2) is 12.7 Å². The number of piperidine rings is 1. The number of benzene rings is 1. The molecule has 0 atom stereocenters. The van der Waals surface area contributed by atoms with Crippen LogP contribution < -0.4 is 10.6 Å². The molecule has 7 heteroatoms. The highest BCUT2D eigenvalue weighted by Crippen LogP contribution is 2.18. The highest BCUT2D eigenvalue weighted by atomic mass is 32.2. The Labute approximate surface area is 151 Å². The molecule has 1 aromatic rings. The molecule has 2 N–H and O–H groups in total. The van der Waals surface area contributed by atoms with Gasteiger partial charge in [0, 0.05) is 33.2 Å². The molecule has 0 aromatic heterocycles. The number of hydrogen-bond acceptors (Lipinski definition) is 3. The van der Waals surface area contributed by atoms with Gasteiger partial charge in [0.25, 0.3) is 0 Å². The topological polar surface area (TPSA) is 73.8 Å². The summed E-state index contributed by atoms with van der Waals surface area (Å²) in [6, 6.07) is 8.42. The number of hydrogen-bond donors (Lipinski definition) is 2. The Morgan fingerprint density at radius 2 is 1.84 bits per heavy atom. The van der Waals surface area contributed by atoms with Crippen molar-refractivity contribution in [1.82, 2.24) is 14.9 Å². The van der Waals surface area contributed by atoms with E-state index in [9.17, 15) is 8.42 Å². The maximum atomic E-state index is 11.6. The largest absolute Gasteiger partial charge is 0.356 e. The molecule has 25 heavy (non-hydrogen) atoms. The number of sulfonamides is 1. The van der Waals surface area contributed by atoms with Crippen molar-refractivity contribution >= 4 is 16.0 Å². The maximum absolute atomic E-state index is 11.6. The van der Waals surface area contributed by atoms with E-state index in [-0.39, 0.29) is 0 Å². The average Bonchev–Trinajstić information content (AvgIpc) is 2.61. The summed E-state index contributed by atoms with van der Waals surface area (Å²) in [6.45, 7) is 4.94. The summed E-state index contributed by atoms with van der Waals surface area (Å²) in [7, 11) is -1.28. The molecular formula is C18H30N4O2S. The zero-order chi connectivity index (χ0) is 18.3. The summed E-state index contributed by atoms with van der Waals surface area (Å²) >= 11 is 0. The number of aliphatic imine (C=N–C) groups is 1. The fourth-order valence-corrected chi connectivity index (χ4v) is 4.03. The molecular weight excluding hydrogens is 336 g/mol. The van der Waals surface area contributed by atoms with E-state index in [4.69, 9.17) is 0 Å². The molecule has 0 aliphatic carbocycles. The Morgan fingerprint density at radius 1 is 1.20 bits per heavy atom. The molecule has 0 saturated carbocycles. The van der Waals surface area contributed by atoms with Gasteiger partial charge in [-0.1, -0.05) is 31.2 Å². The van der Waals surface area contributed by atoms with E-state index in [0.717, 1.165) is 38.3 Å². The van der Waals surface area contributed by atoms with Crippen LogP contribution in [0.2, 0.25) is 0 Å². The molecule has 2 rings (SSSR count). The third kappa shape index (κ3) is 6.01. The Bertz CT molecular complexity index is 680. The molecule has 0 bridgehead atoms. The van der Waals surface area contributed by atoms with Crippen molar-refractivity contribution in [3.8, 4) is 0 Å². The molecule has 1 aliphatic rings. The predicted octanol–water partition coefficient (Wildman–Crippen LogP) is 1.59. The predicted molar refractivity (Wildman–Crippen MR) is 103 cm³/mol. The van der Waals surface area contributed by atoms with Gasteiger partial charge in [-0.3, -0.25) is 4.99 Å². The first kappa shape index (κ1) is 19.7. The van der Waals surface area contributed by atoms with Crippen molar-refractivity contribution in [3.05, 3.63) is 35.4 Å². The zero-order valence-corrected chi connectivity index (χ0v) is 16.3. The maximum Gasteiger partial charge on any atom is 0.211 e. The fraction of sp³-hybridized carbons (Fsp3) is 0.611. The summed E-state index contributed by atoms with van der Waals surface area (Å²) in [4.78, 5) is 4.29. The van der Waals surface area contributed by atoms with Crippen LogP contribution in [-0.4, -0.2) is 51.6 Å². The van der Waals surface area contributed by atoms with E-state index in [1.54, 1.807) is 11.4 Å². The summed E-state index contributed by atoms with van der Waals surface area (Å²) in [5, 5.41) is 6.74. The normalized spacial score (nSPS) is 17.5. The SMILES string of the molecule is CCc1ccccc1CNC(=NC)NCC1CCN(S(C)(=O)=O)CC1. The monoisotopic (exact) mass is 366 g/mol. The molecule has 0 radical (unpaired) electrons. The van der Waals surface area contributed by atoms with Crippen molar-refractivity contribution in [1.29, 1.82) is 0 Å². The van der Waals surface area contributed by atoms with Crippen molar-refractivity contribution in [2.24, 2.45) is 10.9 Å². The average molecular weight is 367 g/mol. The van der Waals surface area contributed by atoms with Gasteiger partial charge in [-0.2, -0.15) is 0 Å². The smallest absolute Gasteiger partial charge is 0.211 e. The summed E-state index contributed by atoms with van der Waals surface area (Å²) in [6.07, 6.45) is 4.07. The number of rotatable bonds is 6. The van der Waals surface area contributed by atoms with Crippen molar-refractivity contribution in [2.75, 3.05) is 32.9 Å². The van der Waals surface area contributed by atoms with E-state index in [2.05, 4.69) is 46.8 Å². The van der Waals surface area contributed by atoms with Crippen LogP contribution in [0.4, 0.5) is 0 Å². The molecule has 0 spiro atoms. The summed E-state index contributed by atoms with van der Waals surface area (Å²) < 4.78 is 24.7. The van der Waals surface area contributed by atoms with Crippen LogP contribution >= 0.6 is 0 Å². The number of nitrogens with zero attached hydrogens (tertiary/aromatic N) is 2. The Kier molecular flexibility index (Phi) is 7.25. The van der Waals surface area contributed by atoms with Crippen LogP contribution in [0.1, 0.15) is 30.9 Å². The van der Waals surface area contributed by atoms with E-state index in [0.29, 0.717) is 19.0 Å². The van der Waals surface area contributed by atoms with Gasteiger partial charge >= 0.3 is 0 Å². The summed E-state index contributed by atoms with van der Waals surface area (Å²) in [5.74, 6) is 1.26. The van der Waals surface area contributed by atoms with Gasteiger partial charge in [0.15, 0.2) is 5.96 Å². The lowest BCUT2D eigenvalue weighted by molar-refractivity contribution is 0.275. The van der Waals surface area contributed by atoms with Gasteiger partial charge in [-0.05, 0) is 36.3 Å². The first-order valence-electron chi connectivity index (χ1n) is 8.90. The van der Waals surface area contributed by atoms with E-state index < -0.39 is 10.0 Å². The standard InChI is InChI=1S/C18H30N4O2S/c1-4-16-7-5-6-8-17(16)14-21-18(19-2)20-13-15-9-11-22(12-10-15)25(3,23)24/h5-8,15H,4,9-14H2,1-3H3,(H2,19,20,21). The lowest BCUT2D eigenvalue weighted by Gasteiger charge is -2.30. The third-order valence-corrected chi connectivity index (χ3v) is 6.07. The highest BCUT2D eigenvalue weighted by Gasteiger charge is 2.24. The molecule has 1 aliphatic heterocycles. The second kappa shape index (κ2) is 9.20. The molecule has 1 aromatic carbocycles. The van der Waals surface area contributed by atoms with Crippen LogP contribution in [0, 0.1) is 5.92 Å². The molecule has 0 amide bonds. The van der Waals surface area contributed by atoms with Crippen LogP contribution in [0.15, 0.2) is 29.3 Å². The lowest BCUT2D eigenvalue weighted by atomic mass is 9.98. The molecule has 1 fully saturated rings. The Morgan fingerprint density at radius 3 is 2.40 bits per heavy atom. The van der Waals surface area contributed by atoms with Gasteiger partial charge in [0.1, 0.15) is 0 Å². The molecule has 1 saturated heterocycles. The van der Waals surface area contributed by atoms with Crippen LogP contribution in [-0.2, 0) is 23.0 Å². The number of aryl methyl sites for hydroxylation is 1. The highest BCUT2D eigenvalue weighted by molar-refractivity contribution is 7.88. The van der Waals surface area contributed by atoms with Crippen molar-refractivity contribution in [2.45, 2.75) is 32.7 Å². The van der Waals surface area contributed by atoms with E-state index in [1.165, 1.54) is 17.4 Å². The molecule has 1 heterocycles. The Balaban J connectivity index is 1.78. The van der Waals surface area contributed by atoms with Crippen LogP contribution in [0.5, 0.6) is 0 Å². The van der Waals surface area contributed by atoms with Gasteiger partial charge in [0.2, 0.25) is 10.0 Å². The van der Waals surface area contributed by atoms with Crippen LogP contribution in [0.3, 0.4) is 0 Å². The van der Waals surface area contributed by atoms with Gasteiger partial charge in [0.05, 0.1) is 6.26 Å². The third-order valence-electron chi connectivity index (χ3n) is 4.77. The van der Waals surface area contributed by atoms with Crippen LogP contribution in [0.25, 0.3) is 0 Å². The van der Waals surface area contributed by atoms with Gasteiger partial charge < -0.3 is 10.6 Å². The van der Waals surface area contributed by atoms with Crippen molar-refractivity contribution < 1.29 is 8.42 Å². The quantitative estimate of drug-likeness (QED) is 0.592. The summed E-state index contributed by atoms with van der Waals surface area (Å²) in [5.41, 5.74) is 2.63. The van der Waals surface area contributed by atoms with Crippen molar-refractivity contribution in [3.63, 3.8) is 0 Å². The number of nitrogens with one attached hydrogen (secondary N) is 2. The second-order valence-corrected chi connectivity index (χ2v) is 8.52. The molecule has 140 valence electrons. The lowest BCUT2D eigenvalue weighted by Crippen LogP contribution is -2.43. The minimum atomic E-state index is -3.05. The second-order valence-electron chi connectivity index (χ2n) is 6.53. The molecule has 0 unspecified atom stereocenters. The Hall–Kier alpha value is -1.60. The van der Waals surface area contributed by atoms with Gasteiger partial charge in [-0.15, -0.1) is 0 Å².